The van der Waals surface area contributed by atoms with E-state index >= 15 is 0 Å². The lowest BCUT2D eigenvalue weighted by molar-refractivity contribution is -0.142. The van der Waals surface area contributed by atoms with Gasteiger partial charge < -0.3 is 31.1 Å². The van der Waals surface area contributed by atoms with Crippen molar-refractivity contribution in [2.75, 3.05) is 65.6 Å². The van der Waals surface area contributed by atoms with Crippen molar-refractivity contribution in [3.8, 4) is 0 Å². The van der Waals surface area contributed by atoms with Crippen LogP contribution in [0.4, 0.5) is 0 Å². The molecule has 268 valence electrons. The number of carboxylic acid groups (broad SMARTS) is 2. The molecule has 0 aromatic heterocycles. The summed E-state index contributed by atoms with van der Waals surface area (Å²) in [7, 11) is -7.97. The van der Waals surface area contributed by atoms with E-state index in [1.807, 2.05) is 0 Å². The van der Waals surface area contributed by atoms with Crippen LogP contribution in [-0.4, -0.2) is 129 Å². The first-order valence-corrected chi connectivity index (χ1v) is 22.0. The number of carbonyl (C=O) groups excluding carboxylic acids is 2. The van der Waals surface area contributed by atoms with Crippen LogP contribution in [0.2, 0.25) is 0 Å². The van der Waals surface area contributed by atoms with Crippen LogP contribution >= 0.6 is 71.4 Å². The van der Waals surface area contributed by atoms with Gasteiger partial charge in [-0.3, -0.25) is 18.9 Å². The molecule has 0 aliphatic carbocycles. The first kappa shape index (κ1) is 44.1. The number of halogens is 4. The Labute approximate surface area is 308 Å². The average molecular weight is 965 g/mol. The van der Waals surface area contributed by atoms with Gasteiger partial charge in [0.1, 0.15) is 12.1 Å². The van der Waals surface area contributed by atoms with Crippen LogP contribution < -0.4 is 16.4 Å². The van der Waals surface area contributed by atoms with E-state index in [9.17, 15) is 37.3 Å². The summed E-state index contributed by atoms with van der Waals surface area (Å²) < 4.78 is 50.1. The van der Waals surface area contributed by atoms with Crippen molar-refractivity contribution in [3.05, 3.63) is 35.9 Å². The highest BCUT2D eigenvalue weighted by Gasteiger charge is 2.39. The number of alkyl halides is 4. The molecular formula is C26H40Br4N5O10PS. The quantitative estimate of drug-likeness (QED) is 0.0702. The number of sulfone groups is 1. The van der Waals surface area contributed by atoms with Crippen LogP contribution in [0.25, 0.3) is 0 Å². The number of nitrogens with one attached hydrogen (secondary N) is 2. The van der Waals surface area contributed by atoms with Crippen LogP contribution in [-0.2, 0) is 38.1 Å². The van der Waals surface area contributed by atoms with E-state index in [2.05, 4.69) is 74.4 Å². The zero-order chi connectivity index (χ0) is 35.6. The number of benzene rings is 1. The van der Waals surface area contributed by atoms with Gasteiger partial charge in [0.15, 0.2) is 15.9 Å². The molecule has 0 aliphatic rings. The molecular weight excluding hydrogens is 925 g/mol. The molecule has 0 saturated heterocycles. The van der Waals surface area contributed by atoms with E-state index in [4.69, 9.17) is 15.4 Å². The molecule has 3 atom stereocenters. The Morgan fingerprint density at radius 2 is 1.38 bits per heavy atom. The average Bonchev–Trinajstić information content (AvgIpc) is 3.01. The molecule has 0 bridgehead atoms. The second kappa shape index (κ2) is 22.7. The fraction of sp³-hybridized carbons (Fsp3) is 0.615. The highest BCUT2D eigenvalue weighted by atomic mass is 79.9. The van der Waals surface area contributed by atoms with Crippen LogP contribution in [0.3, 0.4) is 0 Å². The highest BCUT2D eigenvalue weighted by Crippen LogP contribution is 2.54. The Morgan fingerprint density at radius 3 is 1.83 bits per heavy atom. The Kier molecular flexibility index (Phi) is 21.3. The zero-order valence-corrected chi connectivity index (χ0v) is 33.4. The molecule has 0 spiro atoms. The topological polar surface area (TPSA) is 226 Å². The first-order valence-electron chi connectivity index (χ1n) is 14.2. The standard InChI is InChI=1S/C26H40Br4N5O10PS/c27-8-12-34(13-9-28)46(42,35(14-10-29)15-11-30)45-16-17-47(43,44)18-21(32-22(36)7-6-20(31)25(38)39)24(37)33-23(26(40)41)19-4-2-1-3-5-19/h1-5,20-21,23H,6-18,31H2,(H,32,36)(H,33,37)(H,38,39)(H,40,41)/t20-,21?,23+/m0/s1. The number of carbonyl (C=O) groups is 4. The van der Waals surface area contributed by atoms with Gasteiger partial charge in [-0.2, -0.15) is 0 Å². The molecule has 1 unspecified atom stereocenters. The van der Waals surface area contributed by atoms with Crippen molar-refractivity contribution in [1.82, 2.24) is 20.0 Å². The fourth-order valence-corrected chi connectivity index (χ4v) is 10.7. The number of hydrogen-bond acceptors (Lipinski definition) is 9. The second-order valence-corrected chi connectivity index (χ2v) is 17.7. The van der Waals surface area contributed by atoms with Crippen molar-refractivity contribution >= 4 is 105 Å². The van der Waals surface area contributed by atoms with E-state index in [1.165, 1.54) is 12.1 Å². The van der Waals surface area contributed by atoms with Gasteiger partial charge in [0, 0.05) is 53.9 Å². The Morgan fingerprint density at radius 1 is 0.872 bits per heavy atom. The number of rotatable bonds is 25. The van der Waals surface area contributed by atoms with Crippen LogP contribution in [0.5, 0.6) is 0 Å². The van der Waals surface area contributed by atoms with Gasteiger partial charge in [-0.1, -0.05) is 94.1 Å². The van der Waals surface area contributed by atoms with Crippen molar-refractivity contribution < 1.29 is 46.9 Å². The van der Waals surface area contributed by atoms with Gasteiger partial charge >= 0.3 is 19.6 Å². The number of carboxylic acids is 2. The van der Waals surface area contributed by atoms with Crippen molar-refractivity contribution in [2.45, 2.75) is 31.0 Å². The summed E-state index contributed by atoms with van der Waals surface area (Å²) in [6, 6.07) is 2.96. The lowest BCUT2D eigenvalue weighted by atomic mass is 10.1. The predicted molar refractivity (Wildman–Crippen MR) is 192 cm³/mol. The lowest BCUT2D eigenvalue weighted by Gasteiger charge is -2.37. The van der Waals surface area contributed by atoms with Crippen LogP contribution in [0.1, 0.15) is 24.4 Å². The van der Waals surface area contributed by atoms with Gasteiger partial charge in [-0.15, -0.1) is 0 Å². The van der Waals surface area contributed by atoms with Crippen molar-refractivity contribution in [2.24, 2.45) is 5.73 Å². The Bertz CT molecular complexity index is 1290. The Hall–Kier alpha value is -0.960. The molecule has 0 fully saturated rings. The van der Waals surface area contributed by atoms with Gasteiger partial charge in [-0.25, -0.2) is 22.6 Å². The number of amides is 2. The minimum Gasteiger partial charge on any atom is -0.480 e. The van der Waals surface area contributed by atoms with Crippen molar-refractivity contribution in [3.63, 3.8) is 0 Å². The van der Waals surface area contributed by atoms with Crippen LogP contribution in [0.15, 0.2) is 30.3 Å². The molecule has 15 nitrogen and oxygen atoms in total. The molecule has 21 heteroatoms. The Balaban J connectivity index is 3.26. The van der Waals surface area contributed by atoms with E-state index in [1.54, 1.807) is 27.5 Å². The number of aliphatic carboxylic acids is 2. The monoisotopic (exact) mass is 961 g/mol. The van der Waals surface area contributed by atoms with Gasteiger partial charge in [0.2, 0.25) is 11.8 Å². The molecule has 0 aliphatic heterocycles. The van der Waals surface area contributed by atoms with Gasteiger partial charge in [0.05, 0.1) is 18.1 Å². The largest absolute Gasteiger partial charge is 0.480 e. The van der Waals surface area contributed by atoms with Crippen LogP contribution in [0, 0.1) is 0 Å². The first-order chi connectivity index (χ1) is 22.1. The molecule has 1 aromatic carbocycles. The lowest BCUT2D eigenvalue weighted by Crippen LogP contribution is -2.52. The van der Waals surface area contributed by atoms with Crippen molar-refractivity contribution in [1.29, 1.82) is 0 Å². The number of hydrogen-bond donors (Lipinski definition) is 5. The summed E-state index contributed by atoms with van der Waals surface area (Å²) in [6.45, 7) is 0.829. The zero-order valence-electron chi connectivity index (χ0n) is 25.3. The summed E-state index contributed by atoms with van der Waals surface area (Å²) >= 11 is 13.4. The maximum absolute atomic E-state index is 14.4. The minimum atomic E-state index is -4.22. The maximum atomic E-state index is 14.4. The second-order valence-electron chi connectivity index (χ2n) is 9.90. The third kappa shape index (κ3) is 15.6. The number of nitrogens with zero attached hydrogens (tertiary/aromatic N) is 2. The van der Waals surface area contributed by atoms with Gasteiger partial charge in [-0.05, 0) is 12.0 Å². The fourth-order valence-electron chi connectivity index (χ4n) is 4.12. The molecule has 2 amide bonds. The third-order valence-electron chi connectivity index (χ3n) is 6.48. The third-order valence-corrected chi connectivity index (χ3v) is 12.3. The smallest absolute Gasteiger partial charge is 0.346 e. The van der Waals surface area contributed by atoms with E-state index in [0.29, 0.717) is 47.5 Å². The number of nitrogens with two attached hydrogens (primary N) is 1. The molecule has 1 aromatic rings. The predicted octanol–water partition coefficient (Wildman–Crippen LogP) is 2.33. The molecule has 1 rings (SSSR count). The van der Waals surface area contributed by atoms with E-state index < -0.39 is 83.9 Å². The van der Waals surface area contributed by atoms with E-state index in [-0.39, 0.29) is 12.0 Å². The summed E-state index contributed by atoms with van der Waals surface area (Å²) in [5.74, 6) is -6.39. The summed E-state index contributed by atoms with van der Waals surface area (Å²) in [5.41, 5.74) is 5.65. The normalized spacial score (nSPS) is 14.0. The summed E-state index contributed by atoms with van der Waals surface area (Å²) in [4.78, 5) is 49.0. The van der Waals surface area contributed by atoms with E-state index in [0.717, 1.165) is 0 Å². The highest BCUT2D eigenvalue weighted by molar-refractivity contribution is 9.09. The molecule has 6 N–H and O–H groups in total. The molecule has 0 heterocycles. The summed E-state index contributed by atoms with van der Waals surface area (Å²) in [6.07, 6.45) is -0.746. The SMILES string of the molecule is N[C@@H](CCC(=O)NC(CS(=O)(=O)CCOP(=O)(N(CCBr)CCBr)N(CCBr)CCBr)C(=O)N[C@@H](C(=O)O)c1ccccc1)C(=O)O. The maximum Gasteiger partial charge on any atom is 0.346 e. The van der Waals surface area contributed by atoms with Gasteiger partial charge in [0.25, 0.3) is 0 Å². The molecule has 0 radical (unpaired) electrons. The minimum absolute atomic E-state index is 0.200. The summed E-state index contributed by atoms with van der Waals surface area (Å²) in [5, 5.41) is 25.2. The molecule has 47 heavy (non-hydrogen) atoms. The molecule has 0 saturated carbocycles.